The van der Waals surface area contributed by atoms with Crippen LogP contribution in [0.3, 0.4) is 0 Å². The van der Waals surface area contributed by atoms with Crippen LogP contribution < -0.4 is 0 Å². The molecule has 2 aromatic rings. The highest BCUT2D eigenvalue weighted by Gasteiger charge is 2.36. The van der Waals surface area contributed by atoms with E-state index in [4.69, 9.17) is 0 Å². The van der Waals surface area contributed by atoms with Crippen molar-refractivity contribution in [2.24, 2.45) is 5.41 Å². The summed E-state index contributed by atoms with van der Waals surface area (Å²) in [6.07, 6.45) is 13.8. The zero-order valence-corrected chi connectivity index (χ0v) is 13.9. The van der Waals surface area contributed by atoms with E-state index in [0.29, 0.717) is 16.8 Å². The second-order valence-corrected chi connectivity index (χ2v) is 7.10. The molecule has 0 radical (unpaired) electrons. The fraction of sp³-hybridized carbons (Fsp3) is 0.556. The monoisotopic (exact) mass is 325 g/mol. The Labute approximate surface area is 141 Å². The Hall–Kier alpha value is -2.24. The van der Waals surface area contributed by atoms with Gasteiger partial charge in [-0.1, -0.05) is 19.3 Å². The van der Waals surface area contributed by atoms with Gasteiger partial charge >= 0.3 is 0 Å². The van der Waals surface area contributed by atoms with Gasteiger partial charge in [-0.3, -0.25) is 4.79 Å². The quantitative estimate of drug-likeness (QED) is 0.852. The zero-order valence-electron chi connectivity index (χ0n) is 13.9. The largest absolute Gasteiger partial charge is 0.339 e. The minimum absolute atomic E-state index is 0.0956. The first-order valence-corrected chi connectivity index (χ1v) is 8.86. The van der Waals surface area contributed by atoms with E-state index in [1.165, 1.54) is 38.4 Å². The van der Waals surface area contributed by atoms with Crippen LogP contribution in [0.15, 0.2) is 31.0 Å². The minimum Gasteiger partial charge on any atom is -0.339 e. The first-order valence-electron chi connectivity index (χ1n) is 8.86. The van der Waals surface area contributed by atoms with Gasteiger partial charge in [-0.2, -0.15) is 5.10 Å². The van der Waals surface area contributed by atoms with E-state index in [-0.39, 0.29) is 5.91 Å². The average molecular weight is 325 g/mol. The highest BCUT2D eigenvalue weighted by Crippen LogP contribution is 2.44. The molecule has 6 nitrogen and oxygen atoms in total. The highest BCUT2D eigenvalue weighted by molar-refractivity contribution is 5.94. The summed E-state index contributed by atoms with van der Waals surface area (Å²) in [7, 11) is 0. The van der Waals surface area contributed by atoms with Gasteiger partial charge in [-0.25, -0.2) is 14.6 Å². The minimum atomic E-state index is 0.0956. The maximum atomic E-state index is 12.7. The Morgan fingerprint density at radius 1 is 1.04 bits per heavy atom. The number of pyridine rings is 1. The lowest BCUT2D eigenvalue weighted by atomic mass is 9.68. The van der Waals surface area contributed by atoms with E-state index >= 15 is 0 Å². The van der Waals surface area contributed by atoms with Crippen LogP contribution in [0.4, 0.5) is 0 Å². The fourth-order valence-corrected chi connectivity index (χ4v) is 4.14. The number of hydrogen-bond donors (Lipinski definition) is 0. The number of carbonyl (C=O) groups excluding carboxylic acids is 1. The van der Waals surface area contributed by atoms with Crippen molar-refractivity contribution in [1.82, 2.24) is 24.6 Å². The smallest absolute Gasteiger partial charge is 0.255 e. The third-order valence-corrected chi connectivity index (χ3v) is 5.67. The van der Waals surface area contributed by atoms with E-state index in [9.17, 15) is 4.79 Å². The van der Waals surface area contributed by atoms with Crippen LogP contribution in [0.2, 0.25) is 0 Å². The first kappa shape index (κ1) is 15.3. The number of likely N-dealkylation sites (tertiary alicyclic amines) is 1. The molecule has 6 heteroatoms. The van der Waals surface area contributed by atoms with Gasteiger partial charge in [-0.15, -0.1) is 0 Å². The van der Waals surface area contributed by atoms with E-state index in [1.54, 1.807) is 17.2 Å². The van der Waals surface area contributed by atoms with Crippen molar-refractivity contribution in [2.45, 2.75) is 44.9 Å². The molecule has 0 atom stereocenters. The number of rotatable bonds is 2. The van der Waals surface area contributed by atoms with Crippen LogP contribution in [0.1, 0.15) is 55.3 Å². The molecule has 0 aromatic carbocycles. The molecule has 0 bridgehead atoms. The van der Waals surface area contributed by atoms with Gasteiger partial charge in [-0.05, 0) is 43.2 Å². The van der Waals surface area contributed by atoms with Crippen LogP contribution in [-0.2, 0) is 0 Å². The van der Waals surface area contributed by atoms with E-state index in [2.05, 4.69) is 15.1 Å². The standard InChI is InChI=1S/C18H23N5O/c24-17(15-4-5-16(20-12-15)23-14-19-13-21-23)22-10-8-18(9-11-22)6-2-1-3-7-18/h4-5,12-14H,1-3,6-11H2. The number of amides is 1. The van der Waals surface area contributed by atoms with Crippen molar-refractivity contribution in [3.05, 3.63) is 36.5 Å². The Bertz CT molecular complexity index is 679. The lowest BCUT2D eigenvalue weighted by Gasteiger charge is -2.44. The lowest BCUT2D eigenvalue weighted by molar-refractivity contribution is 0.0471. The summed E-state index contributed by atoms with van der Waals surface area (Å²) in [5.74, 6) is 0.766. The summed E-state index contributed by atoms with van der Waals surface area (Å²) in [6.45, 7) is 1.76. The Kier molecular flexibility index (Phi) is 4.04. The molecule has 0 N–H and O–H groups in total. The van der Waals surface area contributed by atoms with E-state index in [0.717, 1.165) is 25.9 Å². The normalized spacial score (nSPS) is 20.2. The molecule has 0 unspecified atom stereocenters. The number of piperidine rings is 1. The number of aromatic nitrogens is 4. The van der Waals surface area contributed by atoms with Gasteiger partial charge in [0.2, 0.25) is 0 Å². The molecule has 126 valence electrons. The fourth-order valence-electron chi connectivity index (χ4n) is 4.14. The molecule has 24 heavy (non-hydrogen) atoms. The van der Waals surface area contributed by atoms with E-state index in [1.807, 2.05) is 17.0 Å². The van der Waals surface area contributed by atoms with Crippen molar-refractivity contribution in [1.29, 1.82) is 0 Å². The maximum absolute atomic E-state index is 12.7. The molecule has 2 fully saturated rings. The summed E-state index contributed by atoms with van der Waals surface area (Å²) in [4.78, 5) is 23.0. The number of hydrogen-bond acceptors (Lipinski definition) is 4. The molecule has 1 aliphatic heterocycles. The zero-order chi connectivity index (χ0) is 16.4. The highest BCUT2D eigenvalue weighted by atomic mass is 16.2. The molecule has 4 rings (SSSR count). The van der Waals surface area contributed by atoms with Gasteiger partial charge in [0.15, 0.2) is 5.82 Å². The molecule has 1 saturated heterocycles. The molecular weight excluding hydrogens is 302 g/mol. The molecule has 1 spiro atoms. The molecule has 1 saturated carbocycles. The topological polar surface area (TPSA) is 63.9 Å². The molecule has 1 amide bonds. The molecule has 1 aliphatic carbocycles. The maximum Gasteiger partial charge on any atom is 0.255 e. The Balaban J connectivity index is 1.41. The summed E-state index contributed by atoms with van der Waals surface area (Å²) < 4.78 is 1.59. The number of nitrogens with zero attached hydrogens (tertiary/aromatic N) is 5. The second-order valence-electron chi connectivity index (χ2n) is 7.10. The van der Waals surface area contributed by atoms with Crippen LogP contribution >= 0.6 is 0 Å². The Morgan fingerprint density at radius 2 is 1.83 bits per heavy atom. The first-order chi connectivity index (χ1) is 11.8. The van der Waals surface area contributed by atoms with Gasteiger partial charge in [0, 0.05) is 19.3 Å². The summed E-state index contributed by atoms with van der Waals surface area (Å²) >= 11 is 0. The summed E-state index contributed by atoms with van der Waals surface area (Å²) in [5.41, 5.74) is 1.17. The van der Waals surface area contributed by atoms with Crippen LogP contribution in [0, 0.1) is 5.41 Å². The third-order valence-electron chi connectivity index (χ3n) is 5.67. The van der Waals surface area contributed by atoms with Crippen molar-refractivity contribution in [3.63, 3.8) is 0 Å². The summed E-state index contributed by atoms with van der Waals surface area (Å²) in [6, 6.07) is 3.64. The molecule has 2 aromatic heterocycles. The van der Waals surface area contributed by atoms with Crippen molar-refractivity contribution < 1.29 is 4.79 Å². The van der Waals surface area contributed by atoms with Gasteiger partial charge in [0.05, 0.1) is 5.56 Å². The van der Waals surface area contributed by atoms with Crippen LogP contribution in [0.25, 0.3) is 5.82 Å². The Morgan fingerprint density at radius 3 is 2.46 bits per heavy atom. The molecular formula is C18H23N5O. The molecule has 2 aliphatic rings. The van der Waals surface area contributed by atoms with Crippen LogP contribution in [-0.4, -0.2) is 43.6 Å². The van der Waals surface area contributed by atoms with Crippen molar-refractivity contribution in [3.8, 4) is 5.82 Å². The van der Waals surface area contributed by atoms with Gasteiger partial charge in [0.25, 0.3) is 5.91 Å². The summed E-state index contributed by atoms with van der Waals surface area (Å²) in [5, 5.41) is 4.05. The second kappa shape index (κ2) is 6.34. The van der Waals surface area contributed by atoms with Crippen molar-refractivity contribution >= 4 is 5.91 Å². The van der Waals surface area contributed by atoms with Crippen LogP contribution in [0.5, 0.6) is 0 Å². The van der Waals surface area contributed by atoms with Gasteiger partial charge < -0.3 is 4.90 Å². The lowest BCUT2D eigenvalue weighted by Crippen LogP contribution is -2.43. The predicted molar refractivity (Wildman–Crippen MR) is 89.8 cm³/mol. The molecule has 3 heterocycles. The predicted octanol–water partition coefficient (Wildman–Crippen LogP) is 2.85. The number of carbonyl (C=O) groups is 1. The average Bonchev–Trinajstić information content (AvgIpc) is 3.17. The SMILES string of the molecule is O=C(c1ccc(-n2cncn2)nc1)N1CCC2(CCCCC2)CC1. The third kappa shape index (κ3) is 2.92. The van der Waals surface area contributed by atoms with Gasteiger partial charge in [0.1, 0.15) is 12.7 Å². The van der Waals surface area contributed by atoms with Crippen molar-refractivity contribution in [2.75, 3.05) is 13.1 Å². The van der Waals surface area contributed by atoms with E-state index < -0.39 is 0 Å².